The largest absolute Gasteiger partial charge is 0.462 e. The maximum atomic E-state index is 12.4. The number of esters is 1. The molecule has 0 aliphatic rings. The number of thioether (sulfide) groups is 1. The molecule has 1 aromatic heterocycles. The van der Waals surface area contributed by atoms with Gasteiger partial charge in [-0.15, -0.1) is 0 Å². The average Bonchev–Trinajstić information content (AvgIpc) is 3.09. The van der Waals surface area contributed by atoms with Crippen molar-refractivity contribution in [1.29, 1.82) is 5.26 Å². The molecule has 0 fully saturated rings. The number of rotatable bonds is 7. The monoisotopic (exact) mass is 442 g/mol. The van der Waals surface area contributed by atoms with Crippen molar-refractivity contribution in [3.05, 3.63) is 52.5 Å². The van der Waals surface area contributed by atoms with E-state index in [2.05, 4.69) is 10.3 Å². The summed E-state index contributed by atoms with van der Waals surface area (Å²) in [5, 5.41) is 13.0. The molecule has 7 nitrogen and oxygen atoms in total. The van der Waals surface area contributed by atoms with E-state index in [0.717, 1.165) is 5.52 Å². The summed E-state index contributed by atoms with van der Waals surface area (Å²) in [7, 11) is 0. The predicted octanol–water partition coefficient (Wildman–Crippen LogP) is 4.49. The first-order valence-electron chi connectivity index (χ1n) is 9.26. The van der Waals surface area contributed by atoms with E-state index >= 15 is 0 Å². The number of carbonyl (C=O) groups is 2. The fourth-order valence-electron chi connectivity index (χ4n) is 2.90. The van der Waals surface area contributed by atoms with E-state index in [0.29, 0.717) is 45.7 Å². The van der Waals surface area contributed by atoms with Crippen LogP contribution in [0.25, 0.3) is 11.0 Å². The molecule has 3 rings (SSSR count). The van der Waals surface area contributed by atoms with Gasteiger partial charge in [-0.3, -0.25) is 4.79 Å². The van der Waals surface area contributed by atoms with Crippen LogP contribution in [0.2, 0.25) is 5.02 Å². The zero-order valence-electron chi connectivity index (χ0n) is 16.4. The molecule has 0 aliphatic carbocycles. The van der Waals surface area contributed by atoms with Crippen LogP contribution >= 0.6 is 23.4 Å². The Morgan fingerprint density at radius 2 is 2.07 bits per heavy atom. The molecule has 1 amide bonds. The average molecular weight is 443 g/mol. The molecule has 0 spiro atoms. The van der Waals surface area contributed by atoms with E-state index in [9.17, 15) is 14.9 Å². The maximum Gasteiger partial charge on any atom is 0.338 e. The highest BCUT2D eigenvalue weighted by molar-refractivity contribution is 7.99. The highest BCUT2D eigenvalue weighted by Gasteiger charge is 2.15. The number of halogens is 1. The van der Waals surface area contributed by atoms with Gasteiger partial charge in [0.15, 0.2) is 5.16 Å². The quantitative estimate of drug-likeness (QED) is 0.427. The van der Waals surface area contributed by atoms with Crippen molar-refractivity contribution in [2.45, 2.75) is 25.5 Å². The topological polar surface area (TPSA) is 97.0 Å². The molecular weight excluding hydrogens is 424 g/mol. The SMILES string of the molecule is CCOC(=O)c1ccc2c(c1)nc(SCC(=O)Nc1cc(Cl)ccc1C#N)n2CC. The van der Waals surface area contributed by atoms with Crippen molar-refractivity contribution in [3.8, 4) is 6.07 Å². The number of fused-ring (bicyclic) bond motifs is 1. The third-order valence-corrected chi connectivity index (χ3v) is 5.46. The summed E-state index contributed by atoms with van der Waals surface area (Å²) < 4.78 is 7.01. The van der Waals surface area contributed by atoms with E-state index in [-0.39, 0.29) is 11.7 Å². The van der Waals surface area contributed by atoms with Gasteiger partial charge in [0.2, 0.25) is 5.91 Å². The van der Waals surface area contributed by atoms with Crippen molar-refractivity contribution >= 4 is 52.0 Å². The minimum Gasteiger partial charge on any atom is -0.462 e. The summed E-state index contributed by atoms with van der Waals surface area (Å²) in [6, 6.07) is 11.9. The van der Waals surface area contributed by atoms with Crippen LogP contribution in [0.15, 0.2) is 41.6 Å². The molecular formula is C21H19ClN4O3S. The first-order valence-corrected chi connectivity index (χ1v) is 10.6. The predicted molar refractivity (Wildman–Crippen MR) is 117 cm³/mol. The van der Waals surface area contributed by atoms with Crippen LogP contribution in [0.4, 0.5) is 5.69 Å². The van der Waals surface area contributed by atoms with E-state index < -0.39 is 5.97 Å². The first kappa shape index (κ1) is 21.7. The molecule has 3 aromatic rings. The number of aromatic nitrogens is 2. The number of aryl methyl sites for hydroxylation is 1. The van der Waals surface area contributed by atoms with Crippen LogP contribution in [0, 0.1) is 11.3 Å². The summed E-state index contributed by atoms with van der Waals surface area (Å²) in [6.45, 7) is 4.70. The van der Waals surface area contributed by atoms with E-state index in [4.69, 9.17) is 16.3 Å². The van der Waals surface area contributed by atoms with Gasteiger partial charge in [-0.2, -0.15) is 5.26 Å². The lowest BCUT2D eigenvalue weighted by Crippen LogP contribution is -2.15. The molecule has 1 N–H and O–H groups in total. The third-order valence-electron chi connectivity index (χ3n) is 4.25. The number of amides is 1. The van der Waals surface area contributed by atoms with Gasteiger partial charge in [0.05, 0.1) is 40.2 Å². The lowest BCUT2D eigenvalue weighted by Gasteiger charge is -2.08. The summed E-state index contributed by atoms with van der Waals surface area (Å²) in [6.07, 6.45) is 0. The molecule has 2 aromatic carbocycles. The molecule has 1 heterocycles. The van der Waals surface area contributed by atoms with Crippen LogP contribution in [0.1, 0.15) is 29.8 Å². The lowest BCUT2D eigenvalue weighted by atomic mass is 10.2. The van der Waals surface area contributed by atoms with Gasteiger partial charge >= 0.3 is 5.97 Å². The normalized spacial score (nSPS) is 10.6. The molecule has 0 saturated heterocycles. The summed E-state index contributed by atoms with van der Waals surface area (Å²) >= 11 is 7.23. The number of nitrogens with zero attached hydrogens (tertiary/aromatic N) is 3. The Kier molecular flexibility index (Phi) is 6.98. The Balaban J connectivity index is 1.77. The maximum absolute atomic E-state index is 12.4. The highest BCUT2D eigenvalue weighted by Crippen LogP contribution is 2.26. The number of anilines is 1. The minimum atomic E-state index is -0.395. The van der Waals surface area contributed by atoms with Crippen LogP contribution in [0.5, 0.6) is 0 Å². The van der Waals surface area contributed by atoms with Gasteiger partial charge in [-0.25, -0.2) is 9.78 Å². The van der Waals surface area contributed by atoms with Crippen molar-refractivity contribution in [1.82, 2.24) is 9.55 Å². The Hall–Kier alpha value is -3.02. The molecule has 154 valence electrons. The van der Waals surface area contributed by atoms with E-state index in [1.165, 1.54) is 11.8 Å². The van der Waals surface area contributed by atoms with Gasteiger partial charge in [0.25, 0.3) is 0 Å². The standard InChI is InChI=1S/C21H19ClN4O3S/c1-3-26-18-8-6-13(20(28)29-4-2)9-17(18)25-21(26)30-12-19(27)24-16-10-15(22)7-5-14(16)11-23/h5-10H,3-4,12H2,1-2H3,(H,24,27). The number of imidazole rings is 1. The van der Waals surface area contributed by atoms with Crippen molar-refractivity contribution in [2.75, 3.05) is 17.7 Å². The number of carbonyl (C=O) groups excluding carboxylic acids is 2. The number of nitrogens with one attached hydrogen (secondary N) is 1. The van der Waals surface area contributed by atoms with Crippen LogP contribution in [-0.4, -0.2) is 33.8 Å². The number of nitriles is 1. The Bertz CT molecular complexity index is 1150. The second-order valence-electron chi connectivity index (χ2n) is 6.20. The van der Waals surface area contributed by atoms with Gasteiger partial charge < -0.3 is 14.6 Å². The Morgan fingerprint density at radius 1 is 1.27 bits per heavy atom. The van der Waals surface area contributed by atoms with Crippen LogP contribution < -0.4 is 5.32 Å². The molecule has 0 unspecified atom stereocenters. The molecule has 0 atom stereocenters. The van der Waals surface area contributed by atoms with Gasteiger partial charge in [0, 0.05) is 11.6 Å². The minimum absolute atomic E-state index is 0.103. The van der Waals surface area contributed by atoms with Gasteiger partial charge in [-0.05, 0) is 50.2 Å². The zero-order chi connectivity index (χ0) is 21.7. The molecule has 30 heavy (non-hydrogen) atoms. The highest BCUT2D eigenvalue weighted by atomic mass is 35.5. The smallest absolute Gasteiger partial charge is 0.338 e. The van der Waals surface area contributed by atoms with Gasteiger partial charge in [0.1, 0.15) is 6.07 Å². The van der Waals surface area contributed by atoms with E-state index in [1.807, 2.05) is 23.6 Å². The van der Waals surface area contributed by atoms with E-state index in [1.54, 1.807) is 37.3 Å². The van der Waals surface area contributed by atoms with Crippen molar-refractivity contribution in [3.63, 3.8) is 0 Å². The molecule has 0 aliphatic heterocycles. The van der Waals surface area contributed by atoms with Crippen molar-refractivity contribution in [2.24, 2.45) is 0 Å². The molecule has 0 radical (unpaired) electrons. The summed E-state index contributed by atoms with van der Waals surface area (Å²) in [5.41, 5.74) is 2.68. The molecule has 0 bridgehead atoms. The zero-order valence-corrected chi connectivity index (χ0v) is 18.0. The Morgan fingerprint density at radius 3 is 2.77 bits per heavy atom. The number of ether oxygens (including phenoxy) is 1. The summed E-state index contributed by atoms with van der Waals surface area (Å²) in [5.74, 6) is -0.569. The van der Waals surface area contributed by atoms with Crippen LogP contribution in [0.3, 0.4) is 0 Å². The van der Waals surface area contributed by atoms with Crippen molar-refractivity contribution < 1.29 is 14.3 Å². The third kappa shape index (κ3) is 4.75. The number of hydrogen-bond donors (Lipinski definition) is 1. The Labute approximate surface area is 183 Å². The summed E-state index contributed by atoms with van der Waals surface area (Å²) in [4.78, 5) is 29.0. The fourth-order valence-corrected chi connectivity index (χ4v) is 3.95. The fraction of sp³-hybridized carbons (Fsp3) is 0.238. The second-order valence-corrected chi connectivity index (χ2v) is 7.58. The lowest BCUT2D eigenvalue weighted by molar-refractivity contribution is -0.113. The van der Waals surface area contributed by atoms with Crippen LogP contribution in [-0.2, 0) is 16.1 Å². The first-order chi connectivity index (χ1) is 14.5. The number of benzene rings is 2. The number of hydrogen-bond acceptors (Lipinski definition) is 6. The van der Waals surface area contributed by atoms with Gasteiger partial charge in [-0.1, -0.05) is 23.4 Å². The molecule has 9 heteroatoms. The second kappa shape index (κ2) is 9.65. The molecule has 0 saturated carbocycles.